The number of halogens is 1. The Morgan fingerprint density at radius 1 is 1.19 bits per heavy atom. The average Bonchev–Trinajstić information content (AvgIpc) is 2.46. The second-order valence-corrected chi connectivity index (χ2v) is 6.35. The minimum Gasteiger partial charge on any atom is -0.481 e. The highest BCUT2D eigenvalue weighted by Gasteiger charge is 2.26. The number of carboxylic acid groups (broad SMARTS) is 1. The maximum Gasteiger partial charge on any atom is 0.310 e. The molecular formula is C17H15FO2S. The van der Waals surface area contributed by atoms with E-state index >= 15 is 0 Å². The molecule has 0 aromatic heterocycles. The summed E-state index contributed by atoms with van der Waals surface area (Å²) in [5, 5.41) is 9.27. The summed E-state index contributed by atoms with van der Waals surface area (Å²) < 4.78 is 13.2. The lowest BCUT2D eigenvalue weighted by Crippen LogP contribution is -2.17. The fraction of sp³-hybridized carbons (Fsp3) is 0.235. The van der Waals surface area contributed by atoms with E-state index in [1.165, 1.54) is 23.9 Å². The zero-order valence-corrected chi connectivity index (χ0v) is 12.2. The Morgan fingerprint density at radius 2 is 2.00 bits per heavy atom. The van der Waals surface area contributed by atoms with Crippen LogP contribution in [0.2, 0.25) is 0 Å². The Hall–Kier alpha value is -1.81. The van der Waals surface area contributed by atoms with Crippen molar-refractivity contribution in [3.8, 4) is 0 Å². The summed E-state index contributed by atoms with van der Waals surface area (Å²) in [6, 6.07) is 12.4. The number of aryl methyl sites for hydroxylation is 1. The van der Waals surface area contributed by atoms with Gasteiger partial charge < -0.3 is 5.11 Å². The van der Waals surface area contributed by atoms with Crippen molar-refractivity contribution in [2.45, 2.75) is 35.0 Å². The van der Waals surface area contributed by atoms with Gasteiger partial charge in [0.15, 0.2) is 0 Å². The molecule has 1 aliphatic carbocycles. The van der Waals surface area contributed by atoms with Crippen molar-refractivity contribution >= 4 is 17.7 Å². The molecule has 0 saturated heterocycles. The molecule has 0 amide bonds. The molecule has 2 aromatic rings. The van der Waals surface area contributed by atoms with Gasteiger partial charge in [-0.05, 0) is 60.7 Å². The Morgan fingerprint density at radius 3 is 2.76 bits per heavy atom. The van der Waals surface area contributed by atoms with Crippen molar-refractivity contribution < 1.29 is 14.3 Å². The highest BCUT2D eigenvalue weighted by molar-refractivity contribution is 7.99. The van der Waals surface area contributed by atoms with Gasteiger partial charge in [0.1, 0.15) is 5.82 Å². The van der Waals surface area contributed by atoms with Crippen molar-refractivity contribution in [2.24, 2.45) is 0 Å². The van der Waals surface area contributed by atoms with E-state index < -0.39 is 5.97 Å². The number of aliphatic carboxylic acids is 1. The standard InChI is InChI=1S/C17H15FO2S/c18-12-4-2-5-13(10-12)21-14-7-8-15-11(9-14)3-1-6-16(15)17(19)20/h2,4-5,7-10,16H,1,3,6H2,(H,19,20)/t16-/m1/s1. The summed E-state index contributed by atoms with van der Waals surface area (Å²) in [6.45, 7) is 0. The van der Waals surface area contributed by atoms with Crippen LogP contribution in [0.3, 0.4) is 0 Å². The maximum absolute atomic E-state index is 13.2. The van der Waals surface area contributed by atoms with E-state index in [9.17, 15) is 14.3 Å². The van der Waals surface area contributed by atoms with Crippen LogP contribution in [0.1, 0.15) is 29.9 Å². The summed E-state index contributed by atoms with van der Waals surface area (Å²) in [6.07, 6.45) is 2.52. The van der Waals surface area contributed by atoms with Crippen LogP contribution >= 0.6 is 11.8 Å². The fourth-order valence-corrected chi connectivity index (χ4v) is 3.70. The molecule has 1 N–H and O–H groups in total. The summed E-state index contributed by atoms with van der Waals surface area (Å²) >= 11 is 1.50. The molecule has 0 spiro atoms. The minimum absolute atomic E-state index is 0.246. The van der Waals surface area contributed by atoms with Crippen LogP contribution < -0.4 is 0 Å². The van der Waals surface area contributed by atoms with E-state index in [0.29, 0.717) is 6.42 Å². The van der Waals surface area contributed by atoms with E-state index in [1.807, 2.05) is 24.3 Å². The lowest BCUT2D eigenvalue weighted by atomic mass is 9.83. The first-order valence-electron chi connectivity index (χ1n) is 6.92. The molecule has 0 saturated carbocycles. The lowest BCUT2D eigenvalue weighted by Gasteiger charge is -2.22. The third kappa shape index (κ3) is 3.10. The molecule has 108 valence electrons. The molecule has 4 heteroatoms. The van der Waals surface area contributed by atoms with Gasteiger partial charge in [-0.2, -0.15) is 0 Å². The lowest BCUT2D eigenvalue weighted by molar-refractivity contribution is -0.139. The monoisotopic (exact) mass is 302 g/mol. The van der Waals surface area contributed by atoms with E-state index in [-0.39, 0.29) is 11.7 Å². The molecule has 2 aromatic carbocycles. The highest BCUT2D eigenvalue weighted by atomic mass is 32.2. The van der Waals surface area contributed by atoms with Gasteiger partial charge in [-0.3, -0.25) is 4.79 Å². The SMILES string of the molecule is O=C(O)[C@@H]1CCCc2cc(Sc3cccc(F)c3)ccc21. The van der Waals surface area contributed by atoms with Crippen LogP contribution in [0.4, 0.5) is 4.39 Å². The van der Waals surface area contributed by atoms with Crippen molar-refractivity contribution in [1.29, 1.82) is 0 Å². The van der Waals surface area contributed by atoms with E-state index in [2.05, 4.69) is 0 Å². The number of hydrogen-bond acceptors (Lipinski definition) is 2. The van der Waals surface area contributed by atoms with Gasteiger partial charge in [0.25, 0.3) is 0 Å². The third-order valence-electron chi connectivity index (χ3n) is 3.76. The van der Waals surface area contributed by atoms with Crippen LogP contribution in [-0.2, 0) is 11.2 Å². The van der Waals surface area contributed by atoms with Gasteiger partial charge >= 0.3 is 5.97 Å². The van der Waals surface area contributed by atoms with Gasteiger partial charge in [0.05, 0.1) is 5.92 Å². The second kappa shape index (κ2) is 5.90. The summed E-state index contributed by atoms with van der Waals surface area (Å²) in [4.78, 5) is 13.2. The van der Waals surface area contributed by atoms with E-state index in [4.69, 9.17) is 0 Å². The summed E-state index contributed by atoms with van der Waals surface area (Å²) in [5.41, 5.74) is 2.03. The summed E-state index contributed by atoms with van der Waals surface area (Å²) in [5.74, 6) is -1.38. The summed E-state index contributed by atoms with van der Waals surface area (Å²) in [7, 11) is 0. The molecule has 21 heavy (non-hydrogen) atoms. The Kier molecular flexibility index (Phi) is 3.97. The van der Waals surface area contributed by atoms with E-state index in [0.717, 1.165) is 33.8 Å². The molecule has 0 fully saturated rings. The maximum atomic E-state index is 13.2. The van der Waals surface area contributed by atoms with Crippen LogP contribution in [-0.4, -0.2) is 11.1 Å². The number of rotatable bonds is 3. The number of benzene rings is 2. The van der Waals surface area contributed by atoms with Crippen LogP contribution in [0.15, 0.2) is 52.3 Å². The molecule has 1 aliphatic rings. The Labute approximate surface area is 127 Å². The zero-order valence-electron chi connectivity index (χ0n) is 11.4. The average molecular weight is 302 g/mol. The van der Waals surface area contributed by atoms with Crippen LogP contribution in [0, 0.1) is 5.82 Å². The molecular weight excluding hydrogens is 287 g/mol. The third-order valence-corrected chi connectivity index (χ3v) is 4.74. The first-order chi connectivity index (χ1) is 10.1. The molecule has 0 radical (unpaired) electrons. The van der Waals surface area contributed by atoms with Gasteiger partial charge in [-0.1, -0.05) is 23.9 Å². The van der Waals surface area contributed by atoms with Crippen molar-refractivity contribution in [3.05, 3.63) is 59.4 Å². The van der Waals surface area contributed by atoms with Gasteiger partial charge in [-0.25, -0.2) is 4.39 Å². The normalized spacial score (nSPS) is 17.3. The van der Waals surface area contributed by atoms with Crippen molar-refractivity contribution in [3.63, 3.8) is 0 Å². The smallest absolute Gasteiger partial charge is 0.310 e. The molecule has 0 heterocycles. The first-order valence-corrected chi connectivity index (χ1v) is 7.74. The quantitative estimate of drug-likeness (QED) is 0.908. The van der Waals surface area contributed by atoms with Gasteiger partial charge in [0.2, 0.25) is 0 Å². The number of hydrogen-bond donors (Lipinski definition) is 1. The predicted octanol–water partition coefficient (Wildman–Crippen LogP) is 4.48. The Balaban J connectivity index is 1.87. The molecule has 3 rings (SSSR count). The van der Waals surface area contributed by atoms with Crippen molar-refractivity contribution in [1.82, 2.24) is 0 Å². The fourth-order valence-electron chi connectivity index (χ4n) is 2.78. The zero-order chi connectivity index (χ0) is 14.8. The van der Waals surface area contributed by atoms with E-state index in [1.54, 1.807) is 6.07 Å². The second-order valence-electron chi connectivity index (χ2n) is 5.20. The number of carboxylic acids is 1. The predicted molar refractivity (Wildman–Crippen MR) is 80.3 cm³/mol. The molecule has 0 unspecified atom stereocenters. The van der Waals surface area contributed by atoms with Crippen molar-refractivity contribution in [2.75, 3.05) is 0 Å². The van der Waals surface area contributed by atoms with Gasteiger partial charge in [0, 0.05) is 9.79 Å². The van der Waals surface area contributed by atoms with Gasteiger partial charge in [-0.15, -0.1) is 0 Å². The van der Waals surface area contributed by atoms with Crippen LogP contribution in [0.25, 0.3) is 0 Å². The molecule has 2 nitrogen and oxygen atoms in total. The number of carbonyl (C=O) groups is 1. The molecule has 0 aliphatic heterocycles. The Bertz CT molecular complexity index is 684. The van der Waals surface area contributed by atoms with Crippen LogP contribution in [0.5, 0.6) is 0 Å². The highest BCUT2D eigenvalue weighted by Crippen LogP contribution is 2.36. The molecule has 0 bridgehead atoms. The first kappa shape index (κ1) is 14.1. The number of fused-ring (bicyclic) bond motifs is 1. The molecule has 1 atom stereocenters. The largest absolute Gasteiger partial charge is 0.481 e. The topological polar surface area (TPSA) is 37.3 Å². The minimum atomic E-state index is -0.749.